The molecule has 1 nitrogen and oxygen atoms in total. The Balaban J connectivity index is 2.46. The van der Waals surface area contributed by atoms with E-state index in [4.69, 9.17) is 0 Å². The van der Waals surface area contributed by atoms with E-state index in [9.17, 15) is 0 Å². The highest BCUT2D eigenvalue weighted by molar-refractivity contribution is 6.67. The Bertz CT molecular complexity index is 293. The standard InChI is InChI=1S/C9H10BN/c1-10-7-6-8-4-2-3-5-9(8)11-10/h2-7,11H,1H3. The zero-order valence-corrected chi connectivity index (χ0v) is 6.54. The van der Waals surface area contributed by atoms with E-state index in [1.807, 2.05) is 0 Å². The molecule has 11 heavy (non-hydrogen) atoms. The molecule has 2 heteroatoms. The highest BCUT2D eigenvalue weighted by atomic mass is 14.8. The predicted octanol–water partition coefficient (Wildman–Crippen LogP) is 2.29. The maximum atomic E-state index is 3.37. The van der Waals surface area contributed by atoms with Gasteiger partial charge in [0.1, 0.15) is 0 Å². The topological polar surface area (TPSA) is 12.0 Å². The number of hydrogen-bond donors (Lipinski definition) is 1. The second kappa shape index (κ2) is 2.46. The number of anilines is 1. The van der Waals surface area contributed by atoms with Crippen molar-refractivity contribution in [1.29, 1.82) is 0 Å². The van der Waals surface area contributed by atoms with Gasteiger partial charge in [0, 0.05) is 5.69 Å². The summed E-state index contributed by atoms with van der Waals surface area (Å²) in [4.78, 5) is 0. The summed E-state index contributed by atoms with van der Waals surface area (Å²) in [6.45, 7) is 2.61. The van der Waals surface area contributed by atoms with Crippen LogP contribution in [0.2, 0.25) is 6.82 Å². The third-order valence-corrected chi connectivity index (χ3v) is 1.91. The molecule has 1 heterocycles. The lowest BCUT2D eigenvalue weighted by atomic mass is 9.63. The van der Waals surface area contributed by atoms with Crippen LogP contribution in [-0.4, -0.2) is 6.85 Å². The summed E-state index contributed by atoms with van der Waals surface area (Å²) < 4.78 is 0. The second-order valence-electron chi connectivity index (χ2n) is 2.88. The molecular weight excluding hydrogens is 133 g/mol. The van der Waals surface area contributed by atoms with Crippen molar-refractivity contribution in [3.8, 4) is 0 Å². The van der Waals surface area contributed by atoms with Crippen LogP contribution in [0.5, 0.6) is 0 Å². The Morgan fingerprint density at radius 2 is 2.09 bits per heavy atom. The summed E-state index contributed by atoms with van der Waals surface area (Å²) >= 11 is 0. The van der Waals surface area contributed by atoms with Gasteiger partial charge >= 0.3 is 0 Å². The lowest BCUT2D eigenvalue weighted by molar-refractivity contribution is 1.59. The van der Waals surface area contributed by atoms with Crippen molar-refractivity contribution in [2.75, 3.05) is 5.23 Å². The summed E-state index contributed by atoms with van der Waals surface area (Å²) in [5.74, 6) is 2.17. The zero-order chi connectivity index (χ0) is 7.68. The molecule has 1 aromatic rings. The second-order valence-corrected chi connectivity index (χ2v) is 2.88. The molecule has 0 aromatic heterocycles. The molecule has 1 aliphatic heterocycles. The number of benzene rings is 1. The van der Waals surface area contributed by atoms with Crippen LogP contribution in [0.4, 0.5) is 5.69 Å². The summed E-state index contributed by atoms with van der Waals surface area (Å²) in [6.07, 6.45) is 2.16. The molecule has 0 spiro atoms. The first kappa shape index (κ1) is 6.53. The van der Waals surface area contributed by atoms with E-state index in [1.165, 1.54) is 11.3 Å². The third-order valence-electron chi connectivity index (χ3n) is 1.91. The Hall–Kier alpha value is -1.18. The van der Waals surface area contributed by atoms with Crippen molar-refractivity contribution >= 4 is 18.6 Å². The number of fused-ring (bicyclic) bond motifs is 1. The SMILES string of the molecule is CB1C=Cc2ccccc2N1. The zero-order valence-electron chi connectivity index (χ0n) is 6.54. The molecule has 0 fully saturated rings. The Kier molecular flexibility index (Phi) is 1.46. The molecule has 1 aromatic carbocycles. The lowest BCUT2D eigenvalue weighted by Crippen LogP contribution is -2.20. The third kappa shape index (κ3) is 1.16. The predicted molar refractivity (Wildman–Crippen MR) is 50.7 cm³/mol. The maximum absolute atomic E-state index is 3.37. The molecule has 2 rings (SSSR count). The van der Waals surface area contributed by atoms with Crippen LogP contribution in [0.25, 0.3) is 6.08 Å². The molecule has 0 amide bonds. The minimum Gasteiger partial charge on any atom is -0.424 e. The molecular formula is C9H10BN. The lowest BCUT2D eigenvalue weighted by Gasteiger charge is -2.15. The van der Waals surface area contributed by atoms with Crippen LogP contribution in [0.15, 0.2) is 30.2 Å². The summed E-state index contributed by atoms with van der Waals surface area (Å²) in [6, 6.07) is 8.33. The first-order valence-electron chi connectivity index (χ1n) is 3.90. The fraction of sp³-hybridized carbons (Fsp3) is 0.111. The fourth-order valence-electron chi connectivity index (χ4n) is 1.32. The Labute approximate surface area is 67.2 Å². The molecule has 0 bridgehead atoms. The van der Waals surface area contributed by atoms with Gasteiger partial charge in [-0.05, 0) is 11.6 Å². The molecule has 1 N–H and O–H groups in total. The number of rotatable bonds is 0. The van der Waals surface area contributed by atoms with E-state index in [0.29, 0.717) is 6.85 Å². The normalized spacial score (nSPS) is 14.1. The van der Waals surface area contributed by atoms with Gasteiger partial charge in [-0.15, -0.1) is 0 Å². The first-order chi connectivity index (χ1) is 5.36. The van der Waals surface area contributed by atoms with Crippen molar-refractivity contribution in [2.45, 2.75) is 6.82 Å². The summed E-state index contributed by atoms with van der Waals surface area (Å²) in [5, 5.41) is 3.37. The average Bonchev–Trinajstić information content (AvgIpc) is 2.04. The van der Waals surface area contributed by atoms with Gasteiger partial charge in [-0.3, -0.25) is 0 Å². The van der Waals surface area contributed by atoms with Crippen LogP contribution >= 0.6 is 0 Å². The van der Waals surface area contributed by atoms with Gasteiger partial charge < -0.3 is 5.23 Å². The van der Waals surface area contributed by atoms with Gasteiger partial charge in [0.15, 0.2) is 0 Å². The highest BCUT2D eigenvalue weighted by Gasteiger charge is 2.09. The Morgan fingerprint density at radius 1 is 1.27 bits per heavy atom. The van der Waals surface area contributed by atoms with Crippen molar-refractivity contribution in [2.24, 2.45) is 0 Å². The van der Waals surface area contributed by atoms with Gasteiger partial charge in [0.2, 0.25) is 0 Å². The van der Waals surface area contributed by atoms with E-state index in [-0.39, 0.29) is 0 Å². The maximum Gasteiger partial charge on any atom is 0.275 e. The molecule has 1 aliphatic rings. The number of para-hydroxylation sites is 1. The summed E-state index contributed by atoms with van der Waals surface area (Å²) in [5.41, 5.74) is 2.52. The number of nitrogens with one attached hydrogen (secondary N) is 1. The molecule has 0 saturated carbocycles. The molecule has 0 aliphatic carbocycles. The molecule has 0 atom stereocenters. The van der Waals surface area contributed by atoms with E-state index in [2.05, 4.69) is 48.4 Å². The minimum atomic E-state index is 0.463. The van der Waals surface area contributed by atoms with E-state index in [1.54, 1.807) is 0 Å². The first-order valence-corrected chi connectivity index (χ1v) is 3.90. The fourth-order valence-corrected chi connectivity index (χ4v) is 1.32. The van der Waals surface area contributed by atoms with Crippen molar-refractivity contribution in [1.82, 2.24) is 0 Å². The largest absolute Gasteiger partial charge is 0.424 e. The van der Waals surface area contributed by atoms with Crippen molar-refractivity contribution in [3.05, 3.63) is 35.8 Å². The van der Waals surface area contributed by atoms with Gasteiger partial charge in [-0.2, -0.15) is 0 Å². The van der Waals surface area contributed by atoms with Gasteiger partial charge in [-0.1, -0.05) is 37.1 Å². The minimum absolute atomic E-state index is 0.463. The molecule has 0 radical (unpaired) electrons. The van der Waals surface area contributed by atoms with E-state index in [0.717, 1.165) is 0 Å². The average molecular weight is 143 g/mol. The van der Waals surface area contributed by atoms with Crippen LogP contribution < -0.4 is 5.23 Å². The van der Waals surface area contributed by atoms with Gasteiger partial charge in [0.25, 0.3) is 6.85 Å². The number of hydrogen-bond acceptors (Lipinski definition) is 1. The monoisotopic (exact) mass is 143 g/mol. The smallest absolute Gasteiger partial charge is 0.275 e. The quantitative estimate of drug-likeness (QED) is 0.549. The van der Waals surface area contributed by atoms with Crippen LogP contribution in [0.1, 0.15) is 5.56 Å². The molecule has 0 unspecified atom stereocenters. The van der Waals surface area contributed by atoms with Crippen LogP contribution in [-0.2, 0) is 0 Å². The molecule has 0 saturated heterocycles. The van der Waals surface area contributed by atoms with Crippen molar-refractivity contribution in [3.63, 3.8) is 0 Å². The highest BCUT2D eigenvalue weighted by Crippen LogP contribution is 2.20. The van der Waals surface area contributed by atoms with Crippen molar-refractivity contribution < 1.29 is 0 Å². The van der Waals surface area contributed by atoms with E-state index >= 15 is 0 Å². The van der Waals surface area contributed by atoms with Crippen LogP contribution in [0, 0.1) is 0 Å². The van der Waals surface area contributed by atoms with Gasteiger partial charge in [-0.25, -0.2) is 0 Å². The Morgan fingerprint density at radius 3 is 3.00 bits per heavy atom. The van der Waals surface area contributed by atoms with Gasteiger partial charge in [0.05, 0.1) is 0 Å². The molecule has 54 valence electrons. The van der Waals surface area contributed by atoms with E-state index < -0.39 is 0 Å². The van der Waals surface area contributed by atoms with Crippen LogP contribution in [0.3, 0.4) is 0 Å². The summed E-state index contributed by atoms with van der Waals surface area (Å²) in [7, 11) is 0.